The third kappa shape index (κ3) is 5.07. The van der Waals surface area contributed by atoms with Crippen LogP contribution in [-0.4, -0.2) is 11.0 Å². The lowest BCUT2D eigenvalue weighted by atomic mass is 10.1. The summed E-state index contributed by atoms with van der Waals surface area (Å²) in [6, 6.07) is 15.4. The second-order valence-electron chi connectivity index (χ2n) is 4.64. The Morgan fingerprint density at radius 1 is 1.14 bits per heavy atom. The predicted octanol–water partition coefficient (Wildman–Crippen LogP) is 2.82. The first kappa shape index (κ1) is 14.7. The number of aryl methyl sites for hydroxylation is 1. The fourth-order valence-electron chi connectivity index (χ4n) is 1.85. The van der Waals surface area contributed by atoms with E-state index in [1.54, 1.807) is 6.20 Å². The molecule has 0 aliphatic rings. The standard InChI is InChI=1S/C17H16N2O2/c18-11-10-16-8-6-14(12-19-16)7-9-17(20)21-13-15-4-2-1-3-5-15/h1-6,8,12H,7,9-10,13H2. The van der Waals surface area contributed by atoms with Gasteiger partial charge in [0.25, 0.3) is 0 Å². The molecule has 0 radical (unpaired) electrons. The van der Waals surface area contributed by atoms with E-state index in [-0.39, 0.29) is 5.97 Å². The van der Waals surface area contributed by atoms with Gasteiger partial charge in [-0.15, -0.1) is 0 Å². The van der Waals surface area contributed by atoms with Crippen molar-refractivity contribution in [3.63, 3.8) is 0 Å². The highest BCUT2D eigenvalue weighted by Gasteiger charge is 2.05. The summed E-state index contributed by atoms with van der Waals surface area (Å²) in [5.41, 5.74) is 2.69. The van der Waals surface area contributed by atoms with Gasteiger partial charge in [0.1, 0.15) is 6.61 Å². The molecule has 1 aromatic carbocycles. The monoisotopic (exact) mass is 280 g/mol. The largest absolute Gasteiger partial charge is 0.461 e. The van der Waals surface area contributed by atoms with Crippen molar-refractivity contribution in [1.29, 1.82) is 5.26 Å². The summed E-state index contributed by atoms with van der Waals surface area (Å²) in [6.07, 6.45) is 2.93. The zero-order chi connectivity index (χ0) is 14.9. The van der Waals surface area contributed by atoms with Crippen LogP contribution in [0.15, 0.2) is 48.7 Å². The Hall–Kier alpha value is -2.67. The van der Waals surface area contributed by atoms with Gasteiger partial charge in [0, 0.05) is 12.6 Å². The molecule has 21 heavy (non-hydrogen) atoms. The molecule has 0 aliphatic heterocycles. The number of pyridine rings is 1. The molecule has 1 heterocycles. The van der Waals surface area contributed by atoms with Gasteiger partial charge in [-0.05, 0) is 23.6 Å². The van der Waals surface area contributed by atoms with E-state index in [0.29, 0.717) is 25.9 Å². The molecule has 0 N–H and O–H groups in total. The number of carbonyl (C=O) groups excluding carboxylic acids is 1. The molecule has 4 nitrogen and oxygen atoms in total. The predicted molar refractivity (Wildman–Crippen MR) is 78.1 cm³/mol. The number of aromatic nitrogens is 1. The number of hydrogen-bond acceptors (Lipinski definition) is 4. The van der Waals surface area contributed by atoms with Gasteiger partial charge in [0.2, 0.25) is 0 Å². The minimum absolute atomic E-state index is 0.222. The van der Waals surface area contributed by atoms with Gasteiger partial charge in [0.15, 0.2) is 0 Å². The Labute approximate surface area is 124 Å². The highest BCUT2D eigenvalue weighted by molar-refractivity contribution is 5.69. The number of rotatable bonds is 6. The van der Waals surface area contributed by atoms with Crippen LogP contribution in [0.25, 0.3) is 0 Å². The van der Waals surface area contributed by atoms with Crippen molar-refractivity contribution in [3.05, 3.63) is 65.5 Å². The lowest BCUT2D eigenvalue weighted by Gasteiger charge is -2.05. The summed E-state index contributed by atoms with van der Waals surface area (Å²) in [5.74, 6) is -0.222. The first-order valence-electron chi connectivity index (χ1n) is 6.78. The van der Waals surface area contributed by atoms with E-state index >= 15 is 0 Å². The van der Waals surface area contributed by atoms with Gasteiger partial charge in [0.05, 0.1) is 18.2 Å². The van der Waals surface area contributed by atoms with Crippen molar-refractivity contribution >= 4 is 5.97 Å². The second kappa shape index (κ2) is 7.81. The third-order valence-electron chi connectivity index (χ3n) is 3.01. The highest BCUT2D eigenvalue weighted by Crippen LogP contribution is 2.06. The van der Waals surface area contributed by atoms with Crippen LogP contribution in [0.5, 0.6) is 0 Å². The van der Waals surface area contributed by atoms with Crippen LogP contribution in [-0.2, 0) is 29.0 Å². The van der Waals surface area contributed by atoms with Crippen LogP contribution in [0.2, 0.25) is 0 Å². The van der Waals surface area contributed by atoms with Gasteiger partial charge in [-0.25, -0.2) is 0 Å². The zero-order valence-corrected chi connectivity index (χ0v) is 11.7. The zero-order valence-electron chi connectivity index (χ0n) is 11.7. The molecular formula is C17H16N2O2. The van der Waals surface area contributed by atoms with Gasteiger partial charge < -0.3 is 4.74 Å². The van der Waals surface area contributed by atoms with E-state index < -0.39 is 0 Å². The number of hydrogen-bond donors (Lipinski definition) is 0. The number of benzene rings is 1. The van der Waals surface area contributed by atoms with E-state index in [1.807, 2.05) is 48.5 Å². The second-order valence-corrected chi connectivity index (χ2v) is 4.64. The lowest BCUT2D eigenvalue weighted by molar-refractivity contribution is -0.144. The molecule has 1 aromatic heterocycles. The summed E-state index contributed by atoms with van der Waals surface area (Å²) in [6.45, 7) is 0.305. The molecule has 0 fully saturated rings. The van der Waals surface area contributed by atoms with Crippen LogP contribution in [0, 0.1) is 11.3 Å². The topological polar surface area (TPSA) is 63.0 Å². The summed E-state index contributed by atoms with van der Waals surface area (Å²) >= 11 is 0. The Kier molecular flexibility index (Phi) is 5.48. The molecule has 2 rings (SSSR count). The van der Waals surface area contributed by atoms with Crippen molar-refractivity contribution in [3.8, 4) is 6.07 Å². The van der Waals surface area contributed by atoms with Crippen LogP contribution >= 0.6 is 0 Å². The van der Waals surface area contributed by atoms with Crippen LogP contribution in [0.3, 0.4) is 0 Å². The number of nitriles is 1. The maximum absolute atomic E-state index is 11.7. The maximum atomic E-state index is 11.7. The lowest BCUT2D eigenvalue weighted by Crippen LogP contribution is -2.06. The van der Waals surface area contributed by atoms with Crippen LogP contribution in [0.1, 0.15) is 23.2 Å². The first-order chi connectivity index (χ1) is 10.3. The van der Waals surface area contributed by atoms with E-state index in [0.717, 1.165) is 16.8 Å². The molecule has 0 atom stereocenters. The molecule has 0 bridgehead atoms. The quantitative estimate of drug-likeness (QED) is 0.763. The number of ether oxygens (including phenoxy) is 1. The van der Waals surface area contributed by atoms with Crippen LogP contribution in [0.4, 0.5) is 0 Å². The molecule has 0 saturated heterocycles. The van der Waals surface area contributed by atoms with Crippen molar-refractivity contribution in [1.82, 2.24) is 4.98 Å². The van der Waals surface area contributed by atoms with Crippen molar-refractivity contribution in [2.45, 2.75) is 25.9 Å². The minimum atomic E-state index is -0.222. The molecular weight excluding hydrogens is 264 g/mol. The number of esters is 1. The van der Waals surface area contributed by atoms with Gasteiger partial charge >= 0.3 is 5.97 Å². The molecule has 106 valence electrons. The SMILES string of the molecule is N#CCc1ccc(CCC(=O)OCc2ccccc2)cn1. The van der Waals surface area contributed by atoms with Crippen molar-refractivity contribution in [2.24, 2.45) is 0 Å². The molecule has 4 heteroatoms. The Bertz CT molecular complexity index is 615. The molecule has 0 aliphatic carbocycles. The number of carbonyl (C=O) groups is 1. The van der Waals surface area contributed by atoms with E-state index in [2.05, 4.69) is 4.98 Å². The number of nitrogens with zero attached hydrogens (tertiary/aromatic N) is 2. The first-order valence-corrected chi connectivity index (χ1v) is 6.78. The minimum Gasteiger partial charge on any atom is -0.461 e. The maximum Gasteiger partial charge on any atom is 0.306 e. The summed E-state index contributed by atoms with van der Waals surface area (Å²) in [5, 5.41) is 8.57. The molecule has 0 unspecified atom stereocenters. The molecule has 2 aromatic rings. The van der Waals surface area contributed by atoms with E-state index in [1.165, 1.54) is 0 Å². The van der Waals surface area contributed by atoms with Crippen molar-refractivity contribution < 1.29 is 9.53 Å². The van der Waals surface area contributed by atoms with Crippen molar-refractivity contribution in [2.75, 3.05) is 0 Å². The average Bonchev–Trinajstić information content (AvgIpc) is 2.53. The van der Waals surface area contributed by atoms with E-state index in [4.69, 9.17) is 10.00 Å². The average molecular weight is 280 g/mol. The van der Waals surface area contributed by atoms with E-state index in [9.17, 15) is 4.79 Å². The Morgan fingerprint density at radius 3 is 2.62 bits per heavy atom. The van der Waals surface area contributed by atoms with Gasteiger partial charge in [-0.3, -0.25) is 9.78 Å². The summed E-state index contributed by atoms with van der Waals surface area (Å²) < 4.78 is 5.21. The van der Waals surface area contributed by atoms with Gasteiger partial charge in [-0.2, -0.15) is 5.26 Å². The third-order valence-corrected chi connectivity index (χ3v) is 3.01. The summed E-state index contributed by atoms with van der Waals surface area (Å²) in [4.78, 5) is 15.8. The summed E-state index contributed by atoms with van der Waals surface area (Å²) in [7, 11) is 0. The fraction of sp³-hybridized carbons (Fsp3) is 0.235. The molecule has 0 spiro atoms. The molecule has 0 saturated carbocycles. The highest BCUT2D eigenvalue weighted by atomic mass is 16.5. The van der Waals surface area contributed by atoms with Gasteiger partial charge in [-0.1, -0.05) is 36.4 Å². The molecule has 0 amide bonds. The Morgan fingerprint density at radius 2 is 1.95 bits per heavy atom. The smallest absolute Gasteiger partial charge is 0.306 e. The fourth-order valence-corrected chi connectivity index (χ4v) is 1.85. The Balaban J connectivity index is 1.75. The van der Waals surface area contributed by atoms with Crippen LogP contribution < -0.4 is 0 Å². The normalized spacial score (nSPS) is 9.86.